The zero-order chi connectivity index (χ0) is 31.4. The molecule has 0 aliphatic carbocycles. The first-order valence-corrected chi connectivity index (χ1v) is 21.1. The van der Waals surface area contributed by atoms with Gasteiger partial charge in [-0.15, -0.1) is 0 Å². The Hall–Kier alpha value is -2.86. The summed E-state index contributed by atoms with van der Waals surface area (Å²) in [6.07, 6.45) is 0. The molecule has 0 heterocycles. The van der Waals surface area contributed by atoms with Crippen molar-refractivity contribution >= 4 is 61.0 Å². The molecular weight excluding hydrogens is 838 g/mol. The molecule has 0 bridgehead atoms. The van der Waals surface area contributed by atoms with E-state index >= 15 is 0 Å². The van der Waals surface area contributed by atoms with Gasteiger partial charge in [0.05, 0.1) is 0 Å². The van der Waals surface area contributed by atoms with Gasteiger partial charge in [0.15, 0.2) is 6.68 Å². The molecule has 6 aromatic rings. The van der Waals surface area contributed by atoms with E-state index in [1.807, 2.05) is 17.8 Å². The van der Waals surface area contributed by atoms with Gasteiger partial charge in [-0.2, -0.15) is 0 Å². The van der Waals surface area contributed by atoms with Crippen LogP contribution < -0.4 is 31.8 Å². The molecule has 0 aromatic heterocycles. The average molecular weight is 869 g/mol. The van der Waals surface area contributed by atoms with Gasteiger partial charge in [0, 0.05) is 0 Å². The smallest absolute Gasteiger partial charge is 0.0134 e. The van der Waals surface area contributed by atoms with Crippen LogP contribution in [0.2, 0.25) is 0 Å². The first-order valence-electron chi connectivity index (χ1n) is 13.5. The third-order valence-electron chi connectivity index (χ3n) is 6.09. The maximum atomic E-state index is 9.58. The summed E-state index contributed by atoms with van der Waals surface area (Å²) in [6.45, 7) is -3.08. The molecule has 0 nitrogen and oxygen atoms in total. The van der Waals surface area contributed by atoms with Crippen LogP contribution in [0.1, 0.15) is 0 Å². The van der Waals surface area contributed by atoms with Crippen LogP contribution in [0.4, 0.5) is 13.2 Å². The molecule has 0 spiro atoms. The summed E-state index contributed by atoms with van der Waals surface area (Å²) in [7, 11) is -0.892. The van der Waals surface area contributed by atoms with E-state index < -0.39 is 22.5 Å². The van der Waals surface area contributed by atoms with Crippen LogP contribution in [0, 0.1) is 6.68 Å². The van der Waals surface area contributed by atoms with E-state index in [0.717, 1.165) is 0 Å². The molecule has 0 radical (unpaired) electrons. The van der Waals surface area contributed by atoms with Gasteiger partial charge in [0.25, 0.3) is 0 Å². The van der Waals surface area contributed by atoms with E-state index in [9.17, 15) is 13.2 Å². The topological polar surface area (TPSA) is 0 Å². The summed E-state index contributed by atoms with van der Waals surface area (Å²) in [5, 5.41) is 8.39. The predicted molar refractivity (Wildman–Crippen MR) is 186 cm³/mol. The molecule has 0 saturated heterocycles. The van der Waals surface area contributed by atoms with Crippen LogP contribution in [-0.2, 0) is 17.8 Å². The summed E-state index contributed by atoms with van der Waals surface area (Å²) in [4.78, 5) is 0. The maximum Gasteiger partial charge on any atom is -0.0134 e. The van der Waals surface area contributed by atoms with Crippen molar-refractivity contribution < 1.29 is 30.9 Å². The molecule has 226 valence electrons. The molecule has 0 N–H and O–H groups in total. The van der Waals surface area contributed by atoms with Crippen LogP contribution in [0.5, 0.6) is 0 Å². The fourth-order valence-electron chi connectivity index (χ4n) is 4.36. The Balaban J connectivity index is 0.000000205. The van der Waals surface area contributed by atoms with Crippen LogP contribution >= 0.6 is 29.1 Å². The van der Waals surface area contributed by atoms with Crippen molar-refractivity contribution in [1.29, 1.82) is 0 Å². The Morgan fingerprint density at radius 3 is 0.545 bits per heavy atom. The standard InChI is InChI=1S/2C18H15P.CF3.BrH.Pt/c2*1-4-10-16(11-5-1)19(17-12-6-2-7-13-17)18-14-8-3-9-15-18;2-1(3)4;;/h2*1-15H;;1H;/q;;-1;;+2/p-1. The minimum atomic E-state index is -3.08. The molecule has 0 fully saturated rings. The molecule has 44 heavy (non-hydrogen) atoms. The second-order valence-electron chi connectivity index (χ2n) is 8.90. The van der Waals surface area contributed by atoms with Gasteiger partial charge in [-0.25, -0.2) is 0 Å². The van der Waals surface area contributed by atoms with E-state index in [1.165, 1.54) is 31.8 Å². The Kier molecular flexibility index (Phi) is 17.0. The van der Waals surface area contributed by atoms with E-state index in [4.69, 9.17) is 0 Å². The van der Waals surface area contributed by atoms with Crippen LogP contribution in [0.3, 0.4) is 0 Å². The molecule has 0 unspecified atom stereocenters. The average Bonchev–Trinajstić information content (AvgIpc) is 3.09. The minimum absolute atomic E-state index is 0.446. The summed E-state index contributed by atoms with van der Waals surface area (Å²) in [6, 6.07) is 64.7. The van der Waals surface area contributed by atoms with Crippen molar-refractivity contribution in [3.63, 3.8) is 0 Å². The van der Waals surface area contributed by atoms with Gasteiger partial charge in [-0.05, 0) is 47.7 Å². The van der Waals surface area contributed by atoms with Crippen LogP contribution in [-0.4, -0.2) is 0 Å². The Morgan fingerprint density at radius 1 is 0.318 bits per heavy atom. The molecule has 6 rings (SSSR count). The predicted octanol–water partition coefficient (Wildman–Crippen LogP) is 9.07. The van der Waals surface area contributed by atoms with E-state index in [2.05, 4.69) is 195 Å². The number of benzene rings is 6. The van der Waals surface area contributed by atoms with E-state index in [0.29, 0.717) is 0 Å². The van der Waals surface area contributed by atoms with Gasteiger partial charge >= 0.3 is 31.1 Å². The zero-order valence-corrected chi connectivity index (χ0v) is 29.2. The molecule has 0 aliphatic rings. The zero-order valence-electron chi connectivity index (χ0n) is 23.5. The minimum Gasteiger partial charge on any atom is -0.0622 e. The molecule has 0 amide bonds. The second-order valence-corrected chi connectivity index (χ2v) is 13.3. The Bertz CT molecular complexity index is 1240. The number of rotatable bonds is 6. The van der Waals surface area contributed by atoms with Gasteiger partial charge in [0.2, 0.25) is 0 Å². The second kappa shape index (κ2) is 21.0. The van der Waals surface area contributed by atoms with Crippen molar-refractivity contribution in [3.8, 4) is 0 Å². The van der Waals surface area contributed by atoms with Crippen LogP contribution in [0.25, 0.3) is 0 Å². The fraction of sp³-hybridized carbons (Fsp3) is 0. The fourth-order valence-corrected chi connectivity index (χ4v) is 8.97. The van der Waals surface area contributed by atoms with Gasteiger partial charge in [0.1, 0.15) is 0 Å². The third-order valence-corrected chi connectivity index (χ3v) is 11.0. The van der Waals surface area contributed by atoms with Gasteiger partial charge in [-0.3, -0.25) is 0 Å². The van der Waals surface area contributed by atoms with Gasteiger partial charge < -0.3 is 13.2 Å². The van der Waals surface area contributed by atoms with E-state index in [1.54, 1.807) is 0 Å². The molecule has 7 heteroatoms. The number of halogens is 4. The Morgan fingerprint density at radius 2 is 0.432 bits per heavy atom. The van der Waals surface area contributed by atoms with Crippen molar-refractivity contribution in [2.75, 3.05) is 0 Å². The van der Waals surface area contributed by atoms with Crippen molar-refractivity contribution in [1.82, 2.24) is 0 Å². The van der Waals surface area contributed by atoms with E-state index in [-0.39, 0.29) is 0 Å². The van der Waals surface area contributed by atoms with Crippen LogP contribution in [0.15, 0.2) is 182 Å². The quantitative estimate of drug-likeness (QED) is 0.116. The number of hydrogen-bond acceptors (Lipinski definition) is 0. The summed E-state index contributed by atoms with van der Waals surface area (Å²) in [5.41, 5.74) is 0. The normalized spacial score (nSPS) is 10.1. The molecule has 0 atom stereocenters. The van der Waals surface area contributed by atoms with Crippen molar-refractivity contribution in [2.45, 2.75) is 0 Å². The molecule has 0 aliphatic heterocycles. The Labute approximate surface area is 278 Å². The maximum absolute atomic E-state index is 9.58. The summed E-state index contributed by atoms with van der Waals surface area (Å²) < 4.78 is 28.8. The SMILES string of the molecule is F[C-](F)F.[Br][Pt+].c1ccc(P(c2ccccc2)c2ccccc2)cc1.c1ccc(P(c2ccccc2)c2ccccc2)cc1. The largest absolute Gasteiger partial charge is 0.0622 e. The summed E-state index contributed by atoms with van der Waals surface area (Å²) in [5.74, 6) is 0. The summed E-state index contributed by atoms with van der Waals surface area (Å²) >= 11 is 4.86. The monoisotopic (exact) mass is 867 g/mol. The third kappa shape index (κ3) is 11.9. The first-order chi connectivity index (χ1) is 21.6. The number of hydrogen-bond donors (Lipinski definition) is 0. The molecular formula is C37H30BrF3P2Pt. The molecule has 0 saturated carbocycles. The van der Waals surface area contributed by atoms with Gasteiger partial charge in [-0.1, -0.05) is 182 Å². The molecule has 6 aromatic carbocycles. The van der Waals surface area contributed by atoms with Crippen molar-refractivity contribution in [2.24, 2.45) is 0 Å². The van der Waals surface area contributed by atoms with Crippen molar-refractivity contribution in [3.05, 3.63) is 189 Å². The first kappa shape index (κ1) is 35.6.